The number of benzene rings is 1. The molecule has 0 bridgehead atoms. The van der Waals surface area contributed by atoms with Gasteiger partial charge in [0.15, 0.2) is 0 Å². The summed E-state index contributed by atoms with van der Waals surface area (Å²) in [6, 6.07) is 9.62. The summed E-state index contributed by atoms with van der Waals surface area (Å²) in [7, 11) is 0. The van der Waals surface area contributed by atoms with Gasteiger partial charge in [-0.15, -0.1) is 0 Å². The Balaban J connectivity index is 2.15. The second kappa shape index (κ2) is 6.10. The van der Waals surface area contributed by atoms with Gasteiger partial charge in [0.1, 0.15) is 0 Å². The third-order valence-corrected chi connectivity index (χ3v) is 4.36. The molecule has 3 nitrogen and oxygen atoms in total. The third-order valence-electron chi connectivity index (χ3n) is 4.36. The fraction of sp³-hybridized carbons (Fsp3) is 0.200. The molecular formula is C20H17NO2. The third kappa shape index (κ3) is 2.89. The van der Waals surface area contributed by atoms with Gasteiger partial charge in [0.05, 0.1) is 11.6 Å². The van der Waals surface area contributed by atoms with Crippen LogP contribution in [0.3, 0.4) is 0 Å². The molecule has 0 amide bonds. The second-order valence-corrected chi connectivity index (χ2v) is 5.86. The van der Waals surface area contributed by atoms with Gasteiger partial charge in [-0.2, -0.15) is 5.26 Å². The fourth-order valence-corrected chi connectivity index (χ4v) is 3.13. The number of nitriles is 1. The van der Waals surface area contributed by atoms with Gasteiger partial charge in [-0.3, -0.25) is 0 Å². The number of carboxylic acids is 1. The zero-order chi connectivity index (χ0) is 16.4. The van der Waals surface area contributed by atoms with Crippen LogP contribution in [-0.4, -0.2) is 11.1 Å². The summed E-state index contributed by atoms with van der Waals surface area (Å²) in [5, 5.41) is 18.3. The van der Waals surface area contributed by atoms with Gasteiger partial charge in [0, 0.05) is 5.57 Å². The highest BCUT2D eigenvalue weighted by Gasteiger charge is 2.21. The predicted molar refractivity (Wildman–Crippen MR) is 89.5 cm³/mol. The first-order valence-corrected chi connectivity index (χ1v) is 7.64. The topological polar surface area (TPSA) is 61.1 Å². The summed E-state index contributed by atoms with van der Waals surface area (Å²) >= 11 is 0. The highest BCUT2D eigenvalue weighted by Crippen LogP contribution is 2.39. The Kier molecular flexibility index (Phi) is 3.99. The van der Waals surface area contributed by atoms with Gasteiger partial charge in [-0.25, -0.2) is 4.79 Å². The monoisotopic (exact) mass is 303 g/mol. The second-order valence-electron chi connectivity index (χ2n) is 5.86. The van der Waals surface area contributed by atoms with E-state index in [9.17, 15) is 9.90 Å². The number of rotatable bonds is 2. The van der Waals surface area contributed by atoms with Crippen molar-refractivity contribution in [3.8, 4) is 6.07 Å². The molecule has 0 saturated heterocycles. The molecule has 1 aromatic carbocycles. The molecule has 0 atom stereocenters. The molecule has 0 unspecified atom stereocenters. The lowest BCUT2D eigenvalue weighted by molar-refractivity contribution is -0.132. The van der Waals surface area contributed by atoms with E-state index < -0.39 is 5.97 Å². The Labute approximate surface area is 135 Å². The minimum absolute atomic E-state index is 0.409. The normalized spacial score (nSPS) is 17.3. The average Bonchev–Trinajstić information content (AvgIpc) is 2.77. The summed E-state index contributed by atoms with van der Waals surface area (Å²) in [5.74, 6) is -0.870. The van der Waals surface area contributed by atoms with E-state index >= 15 is 0 Å². The Hall–Kier alpha value is -2.86. The molecule has 0 spiro atoms. The van der Waals surface area contributed by atoms with E-state index in [1.54, 1.807) is 12.1 Å². The van der Waals surface area contributed by atoms with Gasteiger partial charge in [0.25, 0.3) is 0 Å². The fourth-order valence-electron chi connectivity index (χ4n) is 3.13. The average molecular weight is 303 g/mol. The summed E-state index contributed by atoms with van der Waals surface area (Å²) < 4.78 is 0. The van der Waals surface area contributed by atoms with Crippen LogP contribution >= 0.6 is 0 Å². The molecule has 114 valence electrons. The van der Waals surface area contributed by atoms with Crippen molar-refractivity contribution in [3.63, 3.8) is 0 Å². The number of hydrogen-bond donors (Lipinski definition) is 1. The minimum Gasteiger partial charge on any atom is -0.478 e. The maximum absolute atomic E-state index is 11.4. The van der Waals surface area contributed by atoms with Gasteiger partial charge < -0.3 is 5.11 Å². The lowest BCUT2D eigenvalue weighted by Crippen LogP contribution is -2.04. The minimum atomic E-state index is -0.870. The van der Waals surface area contributed by atoms with Crippen LogP contribution in [0.25, 0.3) is 5.57 Å². The quantitative estimate of drug-likeness (QED) is 0.881. The lowest BCUT2D eigenvalue weighted by Gasteiger charge is -2.22. The van der Waals surface area contributed by atoms with Gasteiger partial charge >= 0.3 is 5.97 Å². The number of aliphatic carboxylic acids is 1. The van der Waals surface area contributed by atoms with Crippen molar-refractivity contribution in [1.29, 1.82) is 5.26 Å². The molecule has 23 heavy (non-hydrogen) atoms. The van der Waals surface area contributed by atoms with Crippen molar-refractivity contribution >= 4 is 11.5 Å². The number of hydrogen-bond acceptors (Lipinski definition) is 2. The predicted octanol–water partition coefficient (Wildman–Crippen LogP) is 4.39. The van der Waals surface area contributed by atoms with Gasteiger partial charge in [-0.05, 0) is 66.7 Å². The molecule has 0 radical (unpaired) electrons. The molecule has 1 aromatic rings. The Morgan fingerprint density at radius 2 is 1.96 bits per heavy atom. The first-order chi connectivity index (χ1) is 11.1. The van der Waals surface area contributed by atoms with E-state index in [4.69, 9.17) is 5.26 Å². The standard InChI is InChI=1S/C20H17NO2/c1-13-5-8-15-3-2-4-17(20(22)23)11-18(15)19(13)16-9-6-14(12-21)7-10-16/h2-3,6-7,9-11H,4-5,8H2,1H3,(H,22,23). The first-order valence-electron chi connectivity index (χ1n) is 7.64. The van der Waals surface area contributed by atoms with Crippen molar-refractivity contribution in [2.75, 3.05) is 0 Å². The molecule has 1 N–H and O–H groups in total. The van der Waals surface area contributed by atoms with Crippen LogP contribution in [-0.2, 0) is 4.79 Å². The molecular weight excluding hydrogens is 286 g/mol. The first kappa shape index (κ1) is 15.1. The molecule has 3 heteroatoms. The maximum Gasteiger partial charge on any atom is 0.331 e. The summed E-state index contributed by atoms with van der Waals surface area (Å²) in [5.41, 5.74) is 6.61. The van der Waals surface area contributed by atoms with Crippen LogP contribution in [0.1, 0.15) is 37.3 Å². The van der Waals surface area contributed by atoms with E-state index in [2.05, 4.69) is 19.1 Å². The molecule has 3 rings (SSSR count). The van der Waals surface area contributed by atoms with Crippen LogP contribution < -0.4 is 0 Å². The number of carboxylic acid groups (broad SMARTS) is 1. The van der Waals surface area contributed by atoms with Crippen LogP contribution in [0, 0.1) is 11.3 Å². The lowest BCUT2D eigenvalue weighted by atomic mass is 9.82. The number of nitrogens with zero attached hydrogens (tertiary/aromatic N) is 1. The van der Waals surface area contributed by atoms with Crippen LogP contribution in [0.2, 0.25) is 0 Å². The molecule has 0 fully saturated rings. The van der Waals surface area contributed by atoms with E-state index in [0.717, 1.165) is 29.6 Å². The number of carbonyl (C=O) groups is 1. The van der Waals surface area contributed by atoms with Gasteiger partial charge in [-0.1, -0.05) is 29.9 Å². The van der Waals surface area contributed by atoms with Crippen LogP contribution in [0.15, 0.2) is 64.8 Å². The number of allylic oxidation sites excluding steroid dienone is 7. The van der Waals surface area contributed by atoms with Gasteiger partial charge in [0.2, 0.25) is 0 Å². The van der Waals surface area contributed by atoms with E-state index in [1.165, 1.54) is 11.1 Å². The maximum atomic E-state index is 11.4. The smallest absolute Gasteiger partial charge is 0.331 e. The summed E-state index contributed by atoms with van der Waals surface area (Å²) in [6.07, 6.45) is 8.14. The van der Waals surface area contributed by atoms with Crippen LogP contribution in [0.4, 0.5) is 0 Å². The SMILES string of the molecule is CC1=C(c2ccc(C#N)cc2)C2=C(C=CCC(C(=O)O)=C2)CC1. The molecule has 0 saturated carbocycles. The highest BCUT2D eigenvalue weighted by atomic mass is 16.4. The largest absolute Gasteiger partial charge is 0.478 e. The molecule has 0 aliphatic heterocycles. The van der Waals surface area contributed by atoms with Crippen molar-refractivity contribution in [1.82, 2.24) is 0 Å². The van der Waals surface area contributed by atoms with Crippen molar-refractivity contribution < 1.29 is 9.90 Å². The highest BCUT2D eigenvalue weighted by molar-refractivity contribution is 5.93. The van der Waals surface area contributed by atoms with Crippen molar-refractivity contribution in [2.24, 2.45) is 0 Å². The Morgan fingerprint density at radius 3 is 2.61 bits per heavy atom. The zero-order valence-corrected chi connectivity index (χ0v) is 13.0. The Bertz CT molecular complexity index is 827. The zero-order valence-electron chi connectivity index (χ0n) is 13.0. The molecule has 2 aliphatic carbocycles. The summed E-state index contributed by atoms with van der Waals surface area (Å²) in [4.78, 5) is 11.4. The Morgan fingerprint density at radius 1 is 1.22 bits per heavy atom. The summed E-state index contributed by atoms with van der Waals surface area (Å²) in [6.45, 7) is 2.10. The van der Waals surface area contributed by atoms with Crippen molar-refractivity contribution in [2.45, 2.75) is 26.2 Å². The molecule has 0 heterocycles. The van der Waals surface area contributed by atoms with Crippen LogP contribution in [0.5, 0.6) is 0 Å². The van der Waals surface area contributed by atoms with E-state index in [1.807, 2.05) is 24.3 Å². The molecule has 0 aromatic heterocycles. The molecule has 2 aliphatic rings. The van der Waals surface area contributed by atoms with Crippen molar-refractivity contribution in [3.05, 3.63) is 75.9 Å². The van der Waals surface area contributed by atoms with E-state index in [-0.39, 0.29) is 0 Å². The van der Waals surface area contributed by atoms with E-state index in [0.29, 0.717) is 17.6 Å².